The largest absolute Gasteiger partial charge is 0.481 e. The Labute approximate surface area is 207 Å². The Morgan fingerprint density at radius 1 is 0.943 bits per heavy atom. The van der Waals surface area contributed by atoms with E-state index in [1.807, 2.05) is 45.0 Å². The van der Waals surface area contributed by atoms with Crippen LogP contribution in [0.25, 0.3) is 11.1 Å². The lowest BCUT2D eigenvalue weighted by Crippen LogP contribution is -2.41. The van der Waals surface area contributed by atoms with Crippen molar-refractivity contribution in [1.82, 2.24) is 10.6 Å². The van der Waals surface area contributed by atoms with Gasteiger partial charge in [0.1, 0.15) is 6.61 Å². The summed E-state index contributed by atoms with van der Waals surface area (Å²) in [6.07, 6.45) is 0.856. The lowest BCUT2D eigenvalue weighted by molar-refractivity contribution is -0.138. The van der Waals surface area contributed by atoms with E-state index in [9.17, 15) is 14.4 Å². The van der Waals surface area contributed by atoms with E-state index in [2.05, 4.69) is 34.9 Å². The fraction of sp³-hybridized carbons (Fsp3) is 0.464. The summed E-state index contributed by atoms with van der Waals surface area (Å²) in [4.78, 5) is 36.3. The van der Waals surface area contributed by atoms with Gasteiger partial charge in [0, 0.05) is 19.0 Å². The van der Waals surface area contributed by atoms with Gasteiger partial charge in [0.2, 0.25) is 5.91 Å². The molecular weight excluding hydrogens is 444 g/mol. The highest BCUT2D eigenvalue weighted by Crippen LogP contribution is 2.44. The number of ether oxygens (including phenoxy) is 1. The van der Waals surface area contributed by atoms with Crippen molar-refractivity contribution in [2.24, 2.45) is 17.8 Å². The third-order valence-electron chi connectivity index (χ3n) is 6.76. The molecular formula is C28H36N2O5. The van der Waals surface area contributed by atoms with Crippen molar-refractivity contribution >= 4 is 18.0 Å². The molecule has 2 unspecified atom stereocenters. The fourth-order valence-corrected chi connectivity index (χ4v) is 4.67. The zero-order valence-corrected chi connectivity index (χ0v) is 20.8. The van der Waals surface area contributed by atoms with Crippen LogP contribution in [0.2, 0.25) is 0 Å². The summed E-state index contributed by atoms with van der Waals surface area (Å²) in [5.41, 5.74) is 4.62. The summed E-state index contributed by atoms with van der Waals surface area (Å²) < 4.78 is 5.57. The van der Waals surface area contributed by atoms with Gasteiger partial charge in [-0.3, -0.25) is 9.59 Å². The standard InChI is InChI=1S/C28H36N2O5/c1-4-9-19(27(33)29-16-20(18(2)3)14-26(31)32)15-30-28(34)35-17-25-23-12-7-5-10-21(23)22-11-6-8-13-24(22)25/h5-8,10-13,18-20,25H,4,9,14-17H2,1-3H3,(H,29,33)(H,30,34)(H,31,32). The Morgan fingerprint density at radius 3 is 2.09 bits per heavy atom. The van der Waals surface area contributed by atoms with Crippen molar-refractivity contribution in [1.29, 1.82) is 0 Å². The first-order valence-corrected chi connectivity index (χ1v) is 12.4. The number of nitrogens with one attached hydrogen (secondary N) is 2. The second-order valence-electron chi connectivity index (χ2n) is 9.54. The summed E-state index contributed by atoms with van der Waals surface area (Å²) >= 11 is 0. The number of fused-ring (bicyclic) bond motifs is 3. The number of carbonyl (C=O) groups is 3. The van der Waals surface area contributed by atoms with Crippen LogP contribution in [0, 0.1) is 17.8 Å². The number of hydrogen-bond donors (Lipinski definition) is 3. The summed E-state index contributed by atoms with van der Waals surface area (Å²) in [7, 11) is 0. The van der Waals surface area contributed by atoms with Crippen LogP contribution in [0.1, 0.15) is 57.1 Å². The first-order chi connectivity index (χ1) is 16.8. The molecule has 2 amide bonds. The van der Waals surface area contributed by atoms with E-state index >= 15 is 0 Å². The molecule has 35 heavy (non-hydrogen) atoms. The molecule has 3 rings (SSSR count). The summed E-state index contributed by atoms with van der Waals surface area (Å²) in [5.74, 6) is -1.49. The van der Waals surface area contributed by atoms with Gasteiger partial charge in [-0.1, -0.05) is 75.7 Å². The van der Waals surface area contributed by atoms with Gasteiger partial charge in [-0.2, -0.15) is 0 Å². The van der Waals surface area contributed by atoms with Gasteiger partial charge in [-0.15, -0.1) is 0 Å². The van der Waals surface area contributed by atoms with Crippen LogP contribution in [-0.4, -0.2) is 42.8 Å². The summed E-state index contributed by atoms with van der Waals surface area (Å²) in [6.45, 7) is 6.56. The molecule has 0 radical (unpaired) electrons. The van der Waals surface area contributed by atoms with Crippen LogP contribution in [-0.2, 0) is 14.3 Å². The van der Waals surface area contributed by atoms with Crippen molar-refractivity contribution in [2.45, 2.75) is 46.0 Å². The minimum atomic E-state index is -0.875. The quantitative estimate of drug-likeness (QED) is 0.405. The van der Waals surface area contributed by atoms with Crippen molar-refractivity contribution < 1.29 is 24.2 Å². The average Bonchev–Trinajstić information content (AvgIpc) is 3.16. The highest BCUT2D eigenvalue weighted by molar-refractivity contribution is 5.80. The predicted molar refractivity (Wildman–Crippen MR) is 135 cm³/mol. The number of amides is 2. The second kappa shape index (κ2) is 12.4. The Kier molecular flexibility index (Phi) is 9.29. The van der Waals surface area contributed by atoms with Gasteiger partial charge < -0.3 is 20.5 Å². The number of carboxylic acid groups (broad SMARTS) is 1. The lowest BCUT2D eigenvalue weighted by Gasteiger charge is -2.22. The Morgan fingerprint density at radius 2 is 1.54 bits per heavy atom. The molecule has 0 heterocycles. The highest BCUT2D eigenvalue weighted by Gasteiger charge is 2.29. The highest BCUT2D eigenvalue weighted by atomic mass is 16.5. The minimum Gasteiger partial charge on any atom is -0.481 e. The molecule has 0 aromatic heterocycles. The molecule has 1 aliphatic rings. The van der Waals surface area contributed by atoms with Gasteiger partial charge >= 0.3 is 12.1 Å². The van der Waals surface area contributed by atoms with Gasteiger partial charge in [0.15, 0.2) is 0 Å². The Hall–Kier alpha value is -3.35. The molecule has 0 aliphatic heterocycles. The molecule has 7 nitrogen and oxygen atoms in total. The number of carboxylic acids is 1. The fourth-order valence-electron chi connectivity index (χ4n) is 4.67. The van der Waals surface area contributed by atoms with Gasteiger partial charge in [-0.25, -0.2) is 4.79 Å². The van der Waals surface area contributed by atoms with Crippen molar-refractivity contribution in [3.05, 3.63) is 59.7 Å². The topological polar surface area (TPSA) is 105 Å². The van der Waals surface area contributed by atoms with Crippen LogP contribution in [0.15, 0.2) is 48.5 Å². The predicted octanol–water partition coefficient (Wildman–Crippen LogP) is 4.80. The maximum absolute atomic E-state index is 12.7. The van der Waals surface area contributed by atoms with Gasteiger partial charge in [0.05, 0.1) is 12.3 Å². The zero-order valence-electron chi connectivity index (χ0n) is 20.8. The maximum atomic E-state index is 12.7. The maximum Gasteiger partial charge on any atom is 0.407 e. The third kappa shape index (κ3) is 6.84. The van der Waals surface area contributed by atoms with Crippen molar-refractivity contribution in [2.75, 3.05) is 19.7 Å². The SMILES string of the molecule is CCCC(CNC(=O)OCC1c2ccccc2-c2ccccc21)C(=O)NCC(CC(=O)O)C(C)C. The zero-order chi connectivity index (χ0) is 25.4. The van der Waals surface area contributed by atoms with Crippen molar-refractivity contribution in [3.63, 3.8) is 0 Å². The molecule has 0 saturated heterocycles. The van der Waals surface area contributed by atoms with E-state index in [-0.39, 0.29) is 43.2 Å². The molecule has 2 aromatic carbocycles. The Balaban J connectivity index is 1.53. The molecule has 2 aromatic rings. The molecule has 3 N–H and O–H groups in total. The van der Waals surface area contributed by atoms with Crippen LogP contribution < -0.4 is 10.6 Å². The number of benzene rings is 2. The third-order valence-corrected chi connectivity index (χ3v) is 6.76. The van der Waals surface area contributed by atoms with E-state index in [0.29, 0.717) is 13.0 Å². The molecule has 0 saturated carbocycles. The van der Waals surface area contributed by atoms with Crippen LogP contribution in [0.3, 0.4) is 0 Å². The van der Waals surface area contributed by atoms with Crippen LogP contribution in [0.4, 0.5) is 4.79 Å². The van der Waals surface area contributed by atoms with Crippen LogP contribution >= 0.6 is 0 Å². The number of carbonyl (C=O) groups excluding carboxylic acids is 2. The van der Waals surface area contributed by atoms with E-state index < -0.39 is 18.0 Å². The smallest absolute Gasteiger partial charge is 0.407 e. The first-order valence-electron chi connectivity index (χ1n) is 12.4. The van der Waals surface area contributed by atoms with Gasteiger partial charge in [-0.05, 0) is 40.5 Å². The minimum absolute atomic E-state index is 0.00832. The molecule has 188 valence electrons. The Bertz CT molecular complexity index is 990. The number of rotatable bonds is 12. The number of hydrogen-bond acceptors (Lipinski definition) is 4. The van der Waals surface area contributed by atoms with E-state index in [1.54, 1.807) is 0 Å². The summed E-state index contributed by atoms with van der Waals surface area (Å²) in [5, 5.41) is 14.7. The monoisotopic (exact) mass is 480 g/mol. The lowest BCUT2D eigenvalue weighted by atomic mass is 9.92. The molecule has 1 aliphatic carbocycles. The molecule has 2 atom stereocenters. The van der Waals surface area contributed by atoms with E-state index in [4.69, 9.17) is 9.84 Å². The summed E-state index contributed by atoms with van der Waals surface area (Å²) in [6, 6.07) is 16.3. The van der Waals surface area contributed by atoms with Gasteiger partial charge in [0.25, 0.3) is 0 Å². The first kappa shape index (κ1) is 26.3. The number of alkyl carbamates (subject to hydrolysis) is 1. The second-order valence-corrected chi connectivity index (χ2v) is 9.54. The molecule has 0 spiro atoms. The van der Waals surface area contributed by atoms with E-state index in [1.165, 1.54) is 11.1 Å². The molecule has 0 bridgehead atoms. The van der Waals surface area contributed by atoms with E-state index in [0.717, 1.165) is 17.5 Å². The number of aliphatic carboxylic acids is 1. The average molecular weight is 481 g/mol. The normalized spacial score (nSPS) is 14.1. The van der Waals surface area contributed by atoms with Crippen molar-refractivity contribution in [3.8, 4) is 11.1 Å². The molecule has 0 fully saturated rings. The van der Waals surface area contributed by atoms with Crippen LogP contribution in [0.5, 0.6) is 0 Å². The molecule has 7 heteroatoms.